The standard InChI is InChI=1S/C32H37F2N7O2/c1-32(2,21-8-4-3-5-9-21)30(42)35-22-12-14-23(15-13-22)36-31-38-26(40-16-18-43-19-17-40)20-27(39-31)41-25-11-7-6-10-24(25)37-29(41)28(33)34/h3-11,20,22-23,28H,12-19H2,1-2H3,(H,35,42)(H,36,38,39). The number of carbonyl (C=O) groups is 1. The molecular weight excluding hydrogens is 552 g/mol. The van der Waals surface area contributed by atoms with Crippen molar-refractivity contribution < 1.29 is 18.3 Å². The van der Waals surface area contributed by atoms with Gasteiger partial charge in [-0.25, -0.2) is 13.8 Å². The molecule has 2 fully saturated rings. The van der Waals surface area contributed by atoms with Gasteiger partial charge in [0.25, 0.3) is 6.43 Å². The van der Waals surface area contributed by atoms with Gasteiger partial charge in [0.05, 0.1) is 29.7 Å². The minimum atomic E-state index is -2.78. The minimum Gasteiger partial charge on any atom is -0.378 e. The summed E-state index contributed by atoms with van der Waals surface area (Å²) in [7, 11) is 0. The molecule has 1 amide bonds. The summed E-state index contributed by atoms with van der Waals surface area (Å²) < 4.78 is 35.3. The topological polar surface area (TPSA) is 97.2 Å². The van der Waals surface area contributed by atoms with Crippen molar-refractivity contribution in [3.8, 4) is 5.82 Å². The van der Waals surface area contributed by atoms with Crippen molar-refractivity contribution in [2.45, 2.75) is 63.5 Å². The van der Waals surface area contributed by atoms with Crippen LogP contribution in [0.25, 0.3) is 16.9 Å². The van der Waals surface area contributed by atoms with E-state index in [-0.39, 0.29) is 23.8 Å². The van der Waals surface area contributed by atoms with E-state index >= 15 is 0 Å². The van der Waals surface area contributed by atoms with Crippen LogP contribution in [0, 0.1) is 0 Å². The second kappa shape index (κ2) is 12.2. The summed E-state index contributed by atoms with van der Waals surface area (Å²) in [6, 6.07) is 18.8. The van der Waals surface area contributed by atoms with Gasteiger partial charge in [-0.2, -0.15) is 9.97 Å². The van der Waals surface area contributed by atoms with Crippen molar-refractivity contribution in [3.63, 3.8) is 0 Å². The molecule has 1 saturated heterocycles. The zero-order chi connectivity index (χ0) is 30.0. The van der Waals surface area contributed by atoms with Crippen LogP contribution in [0.4, 0.5) is 20.5 Å². The highest BCUT2D eigenvalue weighted by molar-refractivity contribution is 5.87. The number of anilines is 2. The number of para-hydroxylation sites is 2. The number of nitrogens with one attached hydrogen (secondary N) is 2. The van der Waals surface area contributed by atoms with Gasteiger partial charge < -0.3 is 20.3 Å². The molecule has 1 aliphatic heterocycles. The number of hydrogen-bond acceptors (Lipinski definition) is 7. The first-order valence-electron chi connectivity index (χ1n) is 14.9. The van der Waals surface area contributed by atoms with Crippen LogP contribution in [0.15, 0.2) is 60.7 Å². The van der Waals surface area contributed by atoms with E-state index in [9.17, 15) is 13.6 Å². The molecule has 1 aliphatic carbocycles. The molecule has 11 heteroatoms. The number of hydrogen-bond donors (Lipinski definition) is 2. The summed E-state index contributed by atoms with van der Waals surface area (Å²) in [6.07, 6.45) is 0.474. The molecule has 4 aromatic rings. The molecule has 0 spiro atoms. The lowest BCUT2D eigenvalue weighted by molar-refractivity contribution is -0.126. The Labute approximate surface area is 249 Å². The molecule has 226 valence electrons. The van der Waals surface area contributed by atoms with Crippen LogP contribution >= 0.6 is 0 Å². The van der Waals surface area contributed by atoms with E-state index in [0.717, 1.165) is 31.2 Å². The van der Waals surface area contributed by atoms with E-state index in [1.54, 1.807) is 30.3 Å². The smallest absolute Gasteiger partial charge is 0.296 e. The Bertz CT molecular complexity index is 1560. The quantitative estimate of drug-likeness (QED) is 0.284. The van der Waals surface area contributed by atoms with Gasteiger partial charge in [-0.15, -0.1) is 0 Å². The summed E-state index contributed by atoms with van der Waals surface area (Å²) in [5.41, 5.74) is 1.39. The lowest BCUT2D eigenvalue weighted by Crippen LogP contribution is -2.47. The largest absolute Gasteiger partial charge is 0.378 e. The van der Waals surface area contributed by atoms with Crippen molar-refractivity contribution in [2.24, 2.45) is 0 Å². The predicted octanol–water partition coefficient (Wildman–Crippen LogP) is 5.41. The van der Waals surface area contributed by atoms with Crippen molar-refractivity contribution >= 4 is 28.7 Å². The molecule has 6 rings (SSSR count). The molecule has 2 aliphatic rings. The highest BCUT2D eigenvalue weighted by atomic mass is 19.3. The summed E-state index contributed by atoms with van der Waals surface area (Å²) in [6.45, 7) is 6.32. The Morgan fingerprint density at radius 2 is 1.56 bits per heavy atom. The predicted molar refractivity (Wildman–Crippen MR) is 162 cm³/mol. The summed E-state index contributed by atoms with van der Waals surface area (Å²) in [4.78, 5) is 29.0. The monoisotopic (exact) mass is 589 g/mol. The first-order valence-corrected chi connectivity index (χ1v) is 14.9. The number of fused-ring (bicyclic) bond motifs is 1. The third-order valence-corrected chi connectivity index (χ3v) is 8.50. The van der Waals surface area contributed by atoms with Gasteiger partial charge in [0.15, 0.2) is 5.82 Å². The molecule has 9 nitrogen and oxygen atoms in total. The molecular formula is C32H37F2N7O2. The molecule has 2 aromatic carbocycles. The lowest BCUT2D eigenvalue weighted by Gasteiger charge is -2.33. The van der Waals surface area contributed by atoms with Gasteiger partial charge in [0, 0.05) is 31.2 Å². The van der Waals surface area contributed by atoms with Gasteiger partial charge in [-0.1, -0.05) is 42.5 Å². The molecule has 2 aromatic heterocycles. The van der Waals surface area contributed by atoms with Crippen molar-refractivity contribution in [3.05, 3.63) is 72.1 Å². The number of halogens is 2. The second-order valence-electron chi connectivity index (χ2n) is 11.8. The fourth-order valence-electron chi connectivity index (χ4n) is 5.90. The highest BCUT2D eigenvalue weighted by Crippen LogP contribution is 2.31. The fraction of sp³-hybridized carbons (Fsp3) is 0.438. The molecule has 0 unspecified atom stereocenters. The van der Waals surface area contributed by atoms with Gasteiger partial charge >= 0.3 is 0 Å². The van der Waals surface area contributed by atoms with Crippen LogP contribution in [0.5, 0.6) is 0 Å². The molecule has 0 radical (unpaired) electrons. The van der Waals surface area contributed by atoms with E-state index < -0.39 is 11.8 Å². The molecule has 2 N–H and O–H groups in total. The molecule has 1 saturated carbocycles. The van der Waals surface area contributed by atoms with E-state index in [2.05, 4.69) is 20.5 Å². The van der Waals surface area contributed by atoms with Crippen molar-refractivity contribution in [1.29, 1.82) is 0 Å². The number of amides is 1. The summed E-state index contributed by atoms with van der Waals surface area (Å²) >= 11 is 0. The first-order chi connectivity index (χ1) is 20.8. The van der Waals surface area contributed by atoms with Gasteiger partial charge in [0.1, 0.15) is 11.6 Å². The van der Waals surface area contributed by atoms with Gasteiger partial charge in [-0.3, -0.25) is 9.36 Å². The maximum Gasteiger partial charge on any atom is 0.296 e. The Balaban J connectivity index is 1.21. The van der Waals surface area contributed by atoms with Gasteiger partial charge in [-0.05, 0) is 57.2 Å². The number of alkyl halides is 2. The third-order valence-electron chi connectivity index (χ3n) is 8.50. The van der Waals surface area contributed by atoms with E-state index in [1.165, 1.54) is 4.57 Å². The number of aromatic nitrogens is 4. The average Bonchev–Trinajstić information content (AvgIpc) is 3.43. The highest BCUT2D eigenvalue weighted by Gasteiger charge is 2.32. The van der Waals surface area contributed by atoms with Crippen LogP contribution in [0.3, 0.4) is 0 Å². The normalized spacial score (nSPS) is 19.5. The molecule has 3 heterocycles. The number of rotatable bonds is 8. The zero-order valence-electron chi connectivity index (χ0n) is 24.5. The molecule has 43 heavy (non-hydrogen) atoms. The van der Waals surface area contributed by atoms with E-state index in [1.807, 2.05) is 44.2 Å². The fourth-order valence-corrected chi connectivity index (χ4v) is 5.90. The SMILES string of the molecule is CC(C)(C(=O)NC1CCC(Nc2nc(N3CCOCC3)cc(-n3c(C(F)F)nc4ccccc43)n2)CC1)c1ccccc1. The summed E-state index contributed by atoms with van der Waals surface area (Å²) in [5, 5.41) is 6.73. The summed E-state index contributed by atoms with van der Waals surface area (Å²) in [5.74, 6) is 1.04. The number of imidazole rings is 1. The van der Waals surface area contributed by atoms with Crippen LogP contribution in [0.2, 0.25) is 0 Å². The van der Waals surface area contributed by atoms with Gasteiger partial charge in [0.2, 0.25) is 11.9 Å². The molecule has 0 bridgehead atoms. The number of morpholine rings is 1. The Kier molecular flexibility index (Phi) is 8.25. The number of nitrogens with zero attached hydrogens (tertiary/aromatic N) is 5. The van der Waals surface area contributed by atoms with Crippen molar-refractivity contribution in [2.75, 3.05) is 36.5 Å². The first kappa shape index (κ1) is 29.0. The Morgan fingerprint density at radius 3 is 2.28 bits per heavy atom. The number of ether oxygens (including phenoxy) is 1. The van der Waals surface area contributed by atoms with Crippen LogP contribution in [0.1, 0.15) is 57.3 Å². The maximum atomic E-state index is 14.2. The second-order valence-corrected chi connectivity index (χ2v) is 11.8. The number of carbonyl (C=O) groups excluding carboxylic acids is 1. The Hall–Kier alpha value is -4.12. The number of benzene rings is 2. The van der Waals surface area contributed by atoms with Crippen LogP contribution < -0.4 is 15.5 Å². The maximum absolute atomic E-state index is 14.2. The molecule has 0 atom stereocenters. The van der Waals surface area contributed by atoms with E-state index in [0.29, 0.717) is 54.9 Å². The lowest BCUT2D eigenvalue weighted by atomic mass is 9.82. The third kappa shape index (κ3) is 6.17. The van der Waals surface area contributed by atoms with Crippen LogP contribution in [-0.2, 0) is 14.9 Å². The van der Waals surface area contributed by atoms with E-state index in [4.69, 9.17) is 14.7 Å². The average molecular weight is 590 g/mol. The Morgan fingerprint density at radius 1 is 0.907 bits per heavy atom. The van der Waals surface area contributed by atoms with Crippen molar-refractivity contribution in [1.82, 2.24) is 24.8 Å². The minimum absolute atomic E-state index is 0.0173. The van der Waals surface area contributed by atoms with Crippen LogP contribution in [-0.4, -0.2) is 63.8 Å². The zero-order valence-corrected chi connectivity index (χ0v) is 24.5.